The van der Waals surface area contributed by atoms with Crippen molar-refractivity contribution in [3.8, 4) is 0 Å². The first-order valence-electron chi connectivity index (χ1n) is 8.28. The number of benzene rings is 2. The number of halogens is 1. The smallest absolute Gasteiger partial charge is 0.340 e. The van der Waals surface area contributed by atoms with Crippen molar-refractivity contribution in [1.82, 2.24) is 4.31 Å². The van der Waals surface area contributed by atoms with Gasteiger partial charge in [0.05, 0.1) is 15.5 Å². The number of sulfonamides is 1. The van der Waals surface area contributed by atoms with Crippen LogP contribution in [0.1, 0.15) is 21.5 Å². The molecule has 0 aliphatic carbocycles. The minimum atomic E-state index is -3.74. The van der Waals surface area contributed by atoms with Crippen molar-refractivity contribution < 1.29 is 22.7 Å². The Kier molecular flexibility index (Phi) is 6.82. The van der Waals surface area contributed by atoms with E-state index in [1.54, 1.807) is 12.1 Å². The van der Waals surface area contributed by atoms with Crippen LogP contribution in [0.2, 0.25) is 5.02 Å². The van der Waals surface area contributed by atoms with Gasteiger partial charge in [0.1, 0.15) is 0 Å². The molecule has 0 aliphatic heterocycles. The van der Waals surface area contributed by atoms with Crippen LogP contribution in [0, 0.1) is 13.8 Å². The van der Waals surface area contributed by atoms with Crippen molar-refractivity contribution >= 4 is 39.2 Å². The maximum absolute atomic E-state index is 12.3. The minimum absolute atomic E-state index is 0.0254. The van der Waals surface area contributed by atoms with Crippen LogP contribution in [0.25, 0.3) is 0 Å². The zero-order chi connectivity index (χ0) is 21.1. The van der Waals surface area contributed by atoms with Crippen LogP contribution >= 0.6 is 11.6 Å². The SMILES string of the molecule is Cc1cc(C)cc(NC(=O)COC(=O)c2cc(S(=O)(=O)N(C)C)ccc2Cl)c1. The summed E-state index contributed by atoms with van der Waals surface area (Å²) in [5, 5.41) is 2.67. The molecule has 0 aliphatic rings. The first-order chi connectivity index (χ1) is 13.0. The molecule has 0 heterocycles. The molecule has 28 heavy (non-hydrogen) atoms. The molecule has 0 unspecified atom stereocenters. The number of anilines is 1. The van der Waals surface area contributed by atoms with E-state index in [-0.39, 0.29) is 15.5 Å². The minimum Gasteiger partial charge on any atom is -0.452 e. The predicted molar refractivity (Wildman–Crippen MR) is 107 cm³/mol. The molecule has 2 aromatic carbocycles. The summed E-state index contributed by atoms with van der Waals surface area (Å²) < 4.78 is 30.4. The summed E-state index contributed by atoms with van der Waals surface area (Å²) in [7, 11) is -0.994. The summed E-state index contributed by atoms with van der Waals surface area (Å²) in [5.74, 6) is -1.41. The van der Waals surface area contributed by atoms with Crippen molar-refractivity contribution in [3.05, 3.63) is 58.1 Å². The standard InChI is InChI=1S/C19H21ClN2O5S/c1-12-7-13(2)9-14(8-12)21-18(23)11-27-19(24)16-10-15(5-6-17(16)20)28(25,26)22(3)4/h5-10H,11H2,1-4H3,(H,21,23). The Labute approximate surface area is 169 Å². The monoisotopic (exact) mass is 424 g/mol. The van der Waals surface area contributed by atoms with Gasteiger partial charge in [0, 0.05) is 19.8 Å². The molecule has 2 aromatic rings. The molecule has 150 valence electrons. The second kappa shape index (κ2) is 8.72. The number of hydrogen-bond donors (Lipinski definition) is 1. The largest absolute Gasteiger partial charge is 0.452 e. The number of carbonyl (C=O) groups is 2. The van der Waals surface area contributed by atoms with Gasteiger partial charge in [0.2, 0.25) is 10.0 Å². The maximum atomic E-state index is 12.3. The zero-order valence-electron chi connectivity index (χ0n) is 15.9. The molecule has 7 nitrogen and oxygen atoms in total. The lowest BCUT2D eigenvalue weighted by Gasteiger charge is -2.13. The summed E-state index contributed by atoms with van der Waals surface area (Å²) in [6, 6.07) is 9.26. The topological polar surface area (TPSA) is 92.8 Å². The van der Waals surface area contributed by atoms with E-state index in [4.69, 9.17) is 16.3 Å². The molecule has 1 amide bonds. The summed E-state index contributed by atoms with van der Waals surface area (Å²) >= 11 is 5.99. The highest BCUT2D eigenvalue weighted by atomic mass is 35.5. The number of rotatable bonds is 6. The Morgan fingerprint density at radius 1 is 1.07 bits per heavy atom. The average Bonchev–Trinajstić information content (AvgIpc) is 2.58. The summed E-state index contributed by atoms with van der Waals surface area (Å²) in [4.78, 5) is 24.2. The number of nitrogens with one attached hydrogen (secondary N) is 1. The van der Waals surface area contributed by atoms with Gasteiger partial charge in [-0.15, -0.1) is 0 Å². The van der Waals surface area contributed by atoms with E-state index in [2.05, 4.69) is 5.32 Å². The van der Waals surface area contributed by atoms with E-state index in [0.717, 1.165) is 21.5 Å². The van der Waals surface area contributed by atoms with E-state index in [0.29, 0.717) is 5.69 Å². The van der Waals surface area contributed by atoms with Gasteiger partial charge in [-0.05, 0) is 55.3 Å². The molecular formula is C19H21ClN2O5S. The van der Waals surface area contributed by atoms with E-state index in [9.17, 15) is 18.0 Å². The van der Waals surface area contributed by atoms with E-state index in [1.165, 1.54) is 26.2 Å². The van der Waals surface area contributed by atoms with Gasteiger partial charge in [-0.2, -0.15) is 0 Å². The molecular weight excluding hydrogens is 404 g/mol. The second-order valence-corrected chi connectivity index (χ2v) is 8.99. The van der Waals surface area contributed by atoms with Crippen LogP contribution in [0.3, 0.4) is 0 Å². The van der Waals surface area contributed by atoms with Crippen LogP contribution in [0.5, 0.6) is 0 Å². The fraction of sp³-hybridized carbons (Fsp3) is 0.263. The lowest BCUT2D eigenvalue weighted by molar-refractivity contribution is -0.119. The third-order valence-corrected chi connectivity index (χ3v) is 5.92. The molecule has 0 spiro atoms. The van der Waals surface area contributed by atoms with Gasteiger partial charge in [0.25, 0.3) is 5.91 Å². The normalized spacial score (nSPS) is 11.4. The fourth-order valence-electron chi connectivity index (χ4n) is 2.48. The van der Waals surface area contributed by atoms with Crippen molar-refractivity contribution in [1.29, 1.82) is 0 Å². The molecule has 0 saturated heterocycles. The van der Waals surface area contributed by atoms with Gasteiger partial charge in [-0.3, -0.25) is 4.79 Å². The number of amides is 1. The lowest BCUT2D eigenvalue weighted by atomic mass is 10.1. The Balaban J connectivity index is 2.09. The van der Waals surface area contributed by atoms with Crippen LogP contribution in [0.4, 0.5) is 5.69 Å². The summed E-state index contributed by atoms with van der Waals surface area (Å²) in [5.41, 5.74) is 2.43. The van der Waals surface area contributed by atoms with E-state index >= 15 is 0 Å². The first kappa shape index (κ1) is 21.9. The lowest BCUT2D eigenvalue weighted by Crippen LogP contribution is -2.23. The van der Waals surface area contributed by atoms with Gasteiger partial charge in [-0.1, -0.05) is 17.7 Å². The molecule has 2 rings (SSSR count). The zero-order valence-corrected chi connectivity index (χ0v) is 17.5. The van der Waals surface area contributed by atoms with Crippen molar-refractivity contribution in [2.45, 2.75) is 18.7 Å². The van der Waals surface area contributed by atoms with Crippen LogP contribution in [0.15, 0.2) is 41.3 Å². The van der Waals surface area contributed by atoms with Crippen molar-refractivity contribution in [2.75, 3.05) is 26.0 Å². The molecule has 1 N–H and O–H groups in total. The highest BCUT2D eigenvalue weighted by Crippen LogP contribution is 2.23. The number of carbonyl (C=O) groups excluding carboxylic acids is 2. The van der Waals surface area contributed by atoms with Gasteiger partial charge in [0.15, 0.2) is 6.61 Å². The van der Waals surface area contributed by atoms with Crippen LogP contribution in [-0.4, -0.2) is 45.3 Å². The Bertz CT molecular complexity index is 999. The Morgan fingerprint density at radius 3 is 2.25 bits per heavy atom. The molecule has 0 fully saturated rings. The quantitative estimate of drug-likeness (QED) is 0.719. The number of esters is 1. The van der Waals surface area contributed by atoms with Gasteiger partial charge >= 0.3 is 5.97 Å². The molecule has 0 bridgehead atoms. The summed E-state index contributed by atoms with van der Waals surface area (Å²) in [6.07, 6.45) is 0. The number of nitrogens with zero attached hydrogens (tertiary/aromatic N) is 1. The van der Waals surface area contributed by atoms with E-state index < -0.39 is 28.5 Å². The highest BCUT2D eigenvalue weighted by molar-refractivity contribution is 7.89. The Morgan fingerprint density at radius 2 is 1.68 bits per heavy atom. The van der Waals surface area contributed by atoms with Crippen molar-refractivity contribution in [2.24, 2.45) is 0 Å². The van der Waals surface area contributed by atoms with E-state index in [1.807, 2.05) is 19.9 Å². The molecule has 0 radical (unpaired) electrons. The van der Waals surface area contributed by atoms with Gasteiger partial charge in [-0.25, -0.2) is 17.5 Å². The summed E-state index contributed by atoms with van der Waals surface area (Å²) in [6.45, 7) is 3.27. The maximum Gasteiger partial charge on any atom is 0.340 e. The molecule has 9 heteroatoms. The number of aryl methyl sites for hydroxylation is 2. The molecule has 0 atom stereocenters. The highest BCUT2D eigenvalue weighted by Gasteiger charge is 2.22. The fourth-order valence-corrected chi connectivity index (χ4v) is 3.61. The first-order valence-corrected chi connectivity index (χ1v) is 10.1. The second-order valence-electron chi connectivity index (χ2n) is 6.43. The molecule has 0 saturated carbocycles. The van der Waals surface area contributed by atoms with Crippen LogP contribution < -0.4 is 5.32 Å². The van der Waals surface area contributed by atoms with Crippen molar-refractivity contribution in [3.63, 3.8) is 0 Å². The molecule has 0 aromatic heterocycles. The Hall–Kier alpha value is -2.42. The predicted octanol–water partition coefficient (Wildman–Crippen LogP) is 3.00. The average molecular weight is 425 g/mol. The third-order valence-electron chi connectivity index (χ3n) is 3.78. The van der Waals surface area contributed by atoms with Crippen LogP contribution in [-0.2, 0) is 19.6 Å². The number of ether oxygens (including phenoxy) is 1. The third kappa shape index (κ3) is 5.31. The number of hydrogen-bond acceptors (Lipinski definition) is 5. The van der Waals surface area contributed by atoms with Gasteiger partial charge < -0.3 is 10.1 Å².